The van der Waals surface area contributed by atoms with Gasteiger partial charge in [-0.25, -0.2) is 0 Å². The van der Waals surface area contributed by atoms with Crippen molar-refractivity contribution in [3.8, 4) is 0 Å². The fraction of sp³-hybridized carbons (Fsp3) is 0.933. The monoisotopic (exact) mass is 286 g/mol. The number of aliphatic carboxylic acids is 1. The Kier molecular flexibility index (Phi) is 7.48. The Morgan fingerprint density at radius 2 is 2.25 bits per heavy atom. The molecule has 1 aliphatic heterocycles. The minimum atomic E-state index is -0.796. The molecule has 0 saturated carbocycles. The third kappa shape index (κ3) is 5.77. The summed E-state index contributed by atoms with van der Waals surface area (Å²) in [6, 6.07) is 0. The molecule has 0 amide bonds. The molecule has 5 heteroatoms. The summed E-state index contributed by atoms with van der Waals surface area (Å²) in [6.07, 6.45) is 5.07. The molecular weight excluding hydrogens is 256 g/mol. The van der Waals surface area contributed by atoms with Gasteiger partial charge in [0.15, 0.2) is 0 Å². The van der Waals surface area contributed by atoms with Gasteiger partial charge in [0.25, 0.3) is 0 Å². The average molecular weight is 286 g/mol. The van der Waals surface area contributed by atoms with E-state index in [4.69, 9.17) is 4.74 Å². The van der Waals surface area contributed by atoms with E-state index in [-0.39, 0.29) is 0 Å². The van der Waals surface area contributed by atoms with Crippen LogP contribution in [0.4, 0.5) is 0 Å². The lowest BCUT2D eigenvalue weighted by Crippen LogP contribution is -2.47. The zero-order valence-corrected chi connectivity index (χ0v) is 13.2. The van der Waals surface area contributed by atoms with Crippen LogP contribution in [0.2, 0.25) is 0 Å². The normalized spacial score (nSPS) is 22.7. The first-order valence-electron chi connectivity index (χ1n) is 7.66. The predicted octanol–water partition coefficient (Wildman–Crippen LogP) is 1.58. The fourth-order valence-corrected chi connectivity index (χ4v) is 2.68. The van der Waals surface area contributed by atoms with Crippen LogP contribution < -0.4 is 5.32 Å². The third-order valence-electron chi connectivity index (χ3n) is 4.31. The summed E-state index contributed by atoms with van der Waals surface area (Å²) in [5.74, 6) is -0.108. The minimum Gasteiger partial charge on any atom is -0.480 e. The number of likely N-dealkylation sites (N-methyl/N-ethyl adjacent to an activating group) is 1. The number of carboxylic acids is 1. The van der Waals surface area contributed by atoms with Crippen molar-refractivity contribution in [2.75, 3.05) is 40.4 Å². The van der Waals surface area contributed by atoms with Crippen molar-refractivity contribution in [1.29, 1.82) is 0 Å². The van der Waals surface area contributed by atoms with Gasteiger partial charge in [0, 0.05) is 13.2 Å². The molecule has 0 aromatic carbocycles. The van der Waals surface area contributed by atoms with Gasteiger partial charge < -0.3 is 20.1 Å². The topological polar surface area (TPSA) is 61.8 Å². The highest BCUT2D eigenvalue weighted by atomic mass is 16.5. The number of ether oxygens (including phenoxy) is 1. The zero-order chi connectivity index (χ0) is 15.0. The van der Waals surface area contributed by atoms with Crippen molar-refractivity contribution in [3.63, 3.8) is 0 Å². The van der Waals surface area contributed by atoms with Crippen molar-refractivity contribution in [3.05, 3.63) is 0 Å². The number of nitrogens with zero attached hydrogens (tertiary/aromatic N) is 1. The Morgan fingerprint density at radius 1 is 1.50 bits per heavy atom. The van der Waals surface area contributed by atoms with Crippen molar-refractivity contribution in [1.82, 2.24) is 10.2 Å². The lowest BCUT2D eigenvalue weighted by Gasteiger charge is -2.28. The van der Waals surface area contributed by atoms with Gasteiger partial charge in [-0.2, -0.15) is 0 Å². The molecular formula is C15H30N2O3. The van der Waals surface area contributed by atoms with Gasteiger partial charge in [-0.15, -0.1) is 0 Å². The molecule has 1 aliphatic rings. The Morgan fingerprint density at radius 3 is 2.80 bits per heavy atom. The number of rotatable bonds is 9. The van der Waals surface area contributed by atoms with Crippen molar-refractivity contribution < 1.29 is 14.6 Å². The number of carboxylic acid groups (broad SMARTS) is 1. The first kappa shape index (κ1) is 17.4. The van der Waals surface area contributed by atoms with E-state index in [0.717, 1.165) is 39.1 Å². The average Bonchev–Trinajstić information content (AvgIpc) is 2.44. The summed E-state index contributed by atoms with van der Waals surface area (Å²) in [7, 11) is 3.85. The molecule has 1 saturated heterocycles. The second-order valence-corrected chi connectivity index (χ2v) is 6.19. The molecule has 0 radical (unpaired) electrons. The van der Waals surface area contributed by atoms with Crippen LogP contribution in [-0.4, -0.2) is 61.9 Å². The van der Waals surface area contributed by atoms with Crippen LogP contribution in [0.25, 0.3) is 0 Å². The van der Waals surface area contributed by atoms with Crippen LogP contribution >= 0.6 is 0 Å². The first-order valence-corrected chi connectivity index (χ1v) is 7.66. The molecule has 20 heavy (non-hydrogen) atoms. The van der Waals surface area contributed by atoms with E-state index >= 15 is 0 Å². The van der Waals surface area contributed by atoms with Crippen LogP contribution in [-0.2, 0) is 9.53 Å². The molecule has 118 valence electrons. The summed E-state index contributed by atoms with van der Waals surface area (Å²) in [6.45, 7) is 5.66. The highest BCUT2D eigenvalue weighted by Crippen LogP contribution is 2.16. The summed E-state index contributed by atoms with van der Waals surface area (Å²) in [4.78, 5) is 13.5. The van der Waals surface area contributed by atoms with Gasteiger partial charge in [0.05, 0.1) is 6.61 Å². The van der Waals surface area contributed by atoms with Crippen LogP contribution in [0, 0.1) is 5.92 Å². The number of nitrogens with one attached hydrogen (secondary N) is 1. The Hall–Kier alpha value is -0.650. The first-order chi connectivity index (χ1) is 9.48. The Balaban J connectivity index is 2.15. The Labute approximate surface area is 122 Å². The van der Waals surface area contributed by atoms with E-state index in [1.165, 1.54) is 12.8 Å². The molecule has 0 aromatic rings. The van der Waals surface area contributed by atoms with Gasteiger partial charge >= 0.3 is 5.97 Å². The van der Waals surface area contributed by atoms with E-state index in [1.807, 2.05) is 0 Å². The predicted molar refractivity (Wildman–Crippen MR) is 80.0 cm³/mol. The highest BCUT2D eigenvalue weighted by molar-refractivity contribution is 5.78. The van der Waals surface area contributed by atoms with Gasteiger partial charge in [0.1, 0.15) is 5.54 Å². The third-order valence-corrected chi connectivity index (χ3v) is 4.31. The van der Waals surface area contributed by atoms with Crippen molar-refractivity contribution >= 4 is 5.97 Å². The van der Waals surface area contributed by atoms with Crippen molar-refractivity contribution in [2.45, 2.75) is 44.6 Å². The van der Waals surface area contributed by atoms with Gasteiger partial charge in [-0.1, -0.05) is 0 Å². The summed E-state index contributed by atoms with van der Waals surface area (Å²) >= 11 is 0. The molecule has 2 N–H and O–H groups in total. The number of carbonyl (C=O) groups is 1. The molecule has 0 spiro atoms. The van der Waals surface area contributed by atoms with Crippen LogP contribution in [0.15, 0.2) is 0 Å². The van der Waals surface area contributed by atoms with Gasteiger partial charge in [-0.05, 0) is 65.6 Å². The maximum absolute atomic E-state index is 11.2. The minimum absolute atomic E-state index is 0.662. The van der Waals surface area contributed by atoms with Crippen LogP contribution in [0.3, 0.4) is 0 Å². The van der Waals surface area contributed by atoms with E-state index in [9.17, 15) is 9.90 Å². The lowest BCUT2D eigenvalue weighted by atomic mass is 9.95. The molecule has 0 aromatic heterocycles. The van der Waals surface area contributed by atoms with E-state index in [0.29, 0.717) is 12.3 Å². The van der Waals surface area contributed by atoms with Gasteiger partial charge in [0.2, 0.25) is 0 Å². The number of hydrogen-bond donors (Lipinski definition) is 2. The van der Waals surface area contributed by atoms with Crippen LogP contribution in [0.5, 0.6) is 0 Å². The maximum atomic E-state index is 11.2. The largest absolute Gasteiger partial charge is 0.480 e. The quantitative estimate of drug-likeness (QED) is 0.630. The van der Waals surface area contributed by atoms with Crippen molar-refractivity contribution in [2.24, 2.45) is 5.92 Å². The summed E-state index contributed by atoms with van der Waals surface area (Å²) < 4.78 is 5.49. The smallest absolute Gasteiger partial charge is 0.323 e. The molecule has 0 bridgehead atoms. The van der Waals surface area contributed by atoms with E-state index < -0.39 is 11.5 Å². The molecule has 2 unspecified atom stereocenters. The standard InChI is InChI=1S/C15H30N2O3/c1-15(16-2,14(18)19)8-4-5-9-17(3)11-13-7-6-10-20-12-13/h13,16H,4-12H2,1-3H3,(H,18,19). The fourth-order valence-electron chi connectivity index (χ4n) is 2.68. The molecule has 1 fully saturated rings. The maximum Gasteiger partial charge on any atom is 0.323 e. The van der Waals surface area contributed by atoms with Crippen LogP contribution in [0.1, 0.15) is 39.0 Å². The van der Waals surface area contributed by atoms with E-state index in [1.54, 1.807) is 14.0 Å². The summed E-state index contributed by atoms with van der Waals surface area (Å²) in [5.41, 5.74) is -0.796. The molecule has 5 nitrogen and oxygen atoms in total. The SMILES string of the molecule is CNC(C)(CCCCN(C)CC1CCCOC1)C(=O)O. The number of unbranched alkanes of at least 4 members (excludes halogenated alkanes) is 1. The zero-order valence-electron chi connectivity index (χ0n) is 13.2. The highest BCUT2D eigenvalue weighted by Gasteiger charge is 2.30. The molecule has 1 heterocycles. The lowest BCUT2D eigenvalue weighted by molar-refractivity contribution is -0.144. The Bertz CT molecular complexity index is 293. The number of hydrogen-bond acceptors (Lipinski definition) is 4. The molecule has 0 aliphatic carbocycles. The van der Waals surface area contributed by atoms with Gasteiger partial charge in [-0.3, -0.25) is 4.79 Å². The van der Waals surface area contributed by atoms with E-state index in [2.05, 4.69) is 17.3 Å². The molecule has 2 atom stereocenters. The second kappa shape index (κ2) is 8.60. The second-order valence-electron chi connectivity index (χ2n) is 6.19. The summed E-state index contributed by atoms with van der Waals surface area (Å²) in [5, 5.41) is 12.1. The molecule has 1 rings (SSSR count).